The van der Waals surface area contributed by atoms with Gasteiger partial charge in [0.25, 0.3) is 0 Å². The standard InChI is InChI=1S/C14H19NO2S/c1-10(2)9-18-7-6-15(3)12-5-4-11(8-16)13(17)14(12)18/h4-5,8,10H,6-7,9H2,1-3H3/p+1. The van der Waals surface area contributed by atoms with Gasteiger partial charge >= 0.3 is 0 Å². The fourth-order valence-electron chi connectivity index (χ4n) is 2.38. The molecule has 0 saturated carbocycles. The second-order valence-electron chi connectivity index (χ2n) is 5.27. The summed E-state index contributed by atoms with van der Waals surface area (Å²) in [6, 6.07) is 0. The van der Waals surface area contributed by atoms with E-state index < -0.39 is 0 Å². The van der Waals surface area contributed by atoms with Gasteiger partial charge in [0.1, 0.15) is 10.6 Å². The predicted molar refractivity (Wildman–Crippen MR) is 76.2 cm³/mol. The number of nitrogens with one attached hydrogen (secondary N) is 1. The molecule has 0 amide bonds. The Morgan fingerprint density at radius 1 is 1.44 bits per heavy atom. The van der Waals surface area contributed by atoms with Crippen LogP contribution in [-0.4, -0.2) is 42.0 Å². The molecule has 2 unspecified atom stereocenters. The van der Waals surface area contributed by atoms with Crippen LogP contribution in [0.4, 0.5) is 0 Å². The van der Waals surface area contributed by atoms with Gasteiger partial charge in [0.05, 0.1) is 19.2 Å². The first-order valence-electron chi connectivity index (χ1n) is 6.34. The van der Waals surface area contributed by atoms with Crippen LogP contribution in [0.5, 0.6) is 0 Å². The van der Waals surface area contributed by atoms with Gasteiger partial charge in [-0.2, -0.15) is 10.5 Å². The minimum atomic E-state index is -0.0365. The molecule has 2 rings (SSSR count). The molecular formula is C14H20NO2S+. The van der Waals surface area contributed by atoms with E-state index in [-0.39, 0.29) is 16.3 Å². The number of quaternary nitrogens is 1. The minimum absolute atomic E-state index is 0.0139. The van der Waals surface area contributed by atoms with Crippen LogP contribution in [0.15, 0.2) is 23.4 Å². The molecule has 0 bridgehead atoms. The van der Waals surface area contributed by atoms with Gasteiger partial charge in [0.2, 0.25) is 5.78 Å². The third-order valence-corrected chi connectivity index (χ3v) is 6.02. The van der Waals surface area contributed by atoms with Gasteiger partial charge < -0.3 is 4.90 Å². The molecule has 0 aromatic heterocycles. The largest absolute Gasteiger partial charge is 0.303 e. The number of fused-ring (bicyclic) bond motifs is 1. The number of rotatable bonds is 3. The van der Waals surface area contributed by atoms with E-state index in [9.17, 15) is 9.59 Å². The van der Waals surface area contributed by atoms with Crippen molar-refractivity contribution < 1.29 is 14.5 Å². The van der Waals surface area contributed by atoms with Gasteiger partial charge in [-0.1, -0.05) is 13.8 Å². The maximum Gasteiger partial charge on any atom is 0.207 e. The summed E-state index contributed by atoms with van der Waals surface area (Å²) in [5, 5.41) is 0. The fourth-order valence-corrected chi connectivity index (χ4v) is 5.20. The third kappa shape index (κ3) is 2.40. The average Bonchev–Trinajstić information content (AvgIpc) is 2.32. The Bertz CT molecular complexity index is 486. The number of ketones is 1. The molecule has 1 aliphatic heterocycles. The summed E-state index contributed by atoms with van der Waals surface area (Å²) in [4.78, 5) is 25.5. The minimum Gasteiger partial charge on any atom is -0.303 e. The maximum absolute atomic E-state index is 12.3. The highest BCUT2D eigenvalue weighted by Crippen LogP contribution is 2.26. The fraction of sp³-hybridized carbons (Fsp3) is 0.500. The SMILES string of the molecule is CC(C)CS1=C2C(=O)C(C=O)=CC=C2[NH+](C)CC1. The Morgan fingerprint density at radius 3 is 2.78 bits per heavy atom. The summed E-state index contributed by atoms with van der Waals surface area (Å²) in [6.45, 7) is 5.44. The average molecular weight is 266 g/mol. The van der Waals surface area contributed by atoms with Crippen LogP contribution in [0.25, 0.3) is 0 Å². The first kappa shape index (κ1) is 13.4. The molecule has 0 saturated heterocycles. The number of carbonyl (C=O) groups is 2. The van der Waals surface area contributed by atoms with E-state index in [1.165, 1.54) is 4.90 Å². The van der Waals surface area contributed by atoms with E-state index >= 15 is 0 Å². The number of aldehydes is 1. The molecule has 0 radical (unpaired) electrons. The molecule has 98 valence electrons. The molecule has 2 aliphatic rings. The van der Waals surface area contributed by atoms with Gasteiger partial charge in [-0.25, -0.2) is 0 Å². The molecule has 1 heterocycles. The maximum atomic E-state index is 12.3. The Hall–Kier alpha value is -1.00. The van der Waals surface area contributed by atoms with Crippen LogP contribution >= 0.6 is 10.5 Å². The summed E-state index contributed by atoms with van der Waals surface area (Å²) >= 11 is 0. The first-order chi connectivity index (χ1) is 8.54. The molecule has 1 aliphatic carbocycles. The lowest BCUT2D eigenvalue weighted by Crippen LogP contribution is -3.09. The zero-order valence-electron chi connectivity index (χ0n) is 11.2. The molecule has 0 aromatic carbocycles. The van der Waals surface area contributed by atoms with Crippen molar-refractivity contribution in [1.82, 2.24) is 0 Å². The first-order valence-corrected chi connectivity index (χ1v) is 7.90. The summed E-state index contributed by atoms with van der Waals surface area (Å²) in [5.41, 5.74) is 1.41. The molecular weight excluding hydrogens is 246 g/mol. The van der Waals surface area contributed by atoms with E-state index in [1.807, 2.05) is 6.08 Å². The van der Waals surface area contributed by atoms with Crippen LogP contribution in [0, 0.1) is 5.92 Å². The second-order valence-corrected chi connectivity index (χ2v) is 7.40. The lowest BCUT2D eigenvalue weighted by atomic mass is 10.0. The van der Waals surface area contributed by atoms with Crippen molar-refractivity contribution in [2.75, 3.05) is 25.1 Å². The van der Waals surface area contributed by atoms with E-state index in [0.29, 0.717) is 17.8 Å². The van der Waals surface area contributed by atoms with E-state index in [4.69, 9.17) is 0 Å². The van der Waals surface area contributed by atoms with Gasteiger partial charge in [-0.05, 0) is 17.7 Å². The molecule has 1 N–H and O–H groups in total. The number of carbonyl (C=O) groups excluding carboxylic acids is 2. The van der Waals surface area contributed by atoms with Crippen molar-refractivity contribution in [2.24, 2.45) is 5.92 Å². The molecule has 0 fully saturated rings. The van der Waals surface area contributed by atoms with Gasteiger partial charge in [-0.15, -0.1) is 0 Å². The Balaban J connectivity index is 2.49. The molecule has 18 heavy (non-hydrogen) atoms. The Labute approximate surface area is 110 Å². The van der Waals surface area contributed by atoms with E-state index in [0.717, 1.165) is 28.6 Å². The molecule has 3 nitrogen and oxygen atoms in total. The van der Waals surface area contributed by atoms with Crippen LogP contribution < -0.4 is 4.90 Å². The van der Waals surface area contributed by atoms with E-state index in [1.54, 1.807) is 6.08 Å². The third-order valence-electron chi connectivity index (χ3n) is 3.28. The highest BCUT2D eigenvalue weighted by molar-refractivity contribution is 8.17. The zero-order chi connectivity index (χ0) is 13.3. The van der Waals surface area contributed by atoms with Crippen molar-refractivity contribution in [3.8, 4) is 0 Å². The van der Waals surface area contributed by atoms with E-state index in [2.05, 4.69) is 20.9 Å². The highest BCUT2D eigenvalue weighted by Gasteiger charge is 2.33. The molecule has 4 heteroatoms. The van der Waals surface area contributed by atoms with Crippen molar-refractivity contribution in [3.05, 3.63) is 23.4 Å². The summed E-state index contributed by atoms with van der Waals surface area (Å²) in [7, 11) is 2.11. The highest BCUT2D eigenvalue weighted by atomic mass is 32.2. The Morgan fingerprint density at radius 2 is 2.17 bits per heavy atom. The molecule has 2 atom stereocenters. The summed E-state index contributed by atoms with van der Waals surface area (Å²) in [5.74, 6) is 2.66. The zero-order valence-corrected chi connectivity index (χ0v) is 12.0. The number of allylic oxidation sites excluding steroid dienone is 4. The second kappa shape index (κ2) is 5.33. The summed E-state index contributed by atoms with van der Waals surface area (Å²) < 4.78 is 0. The van der Waals surface area contributed by atoms with Crippen molar-refractivity contribution in [3.63, 3.8) is 0 Å². The normalized spacial score (nSPS) is 27.8. The number of Topliss-reactive ketones (excluding diaryl/α,β-unsaturated/α-hetero) is 1. The lowest BCUT2D eigenvalue weighted by Gasteiger charge is -2.29. The van der Waals surface area contributed by atoms with Crippen molar-refractivity contribution >= 4 is 27.4 Å². The lowest BCUT2D eigenvalue weighted by molar-refractivity contribution is -0.830. The van der Waals surface area contributed by atoms with Crippen LogP contribution in [0.2, 0.25) is 0 Å². The quantitative estimate of drug-likeness (QED) is 0.450. The van der Waals surface area contributed by atoms with Crippen LogP contribution in [0.1, 0.15) is 13.8 Å². The molecule has 0 aromatic rings. The van der Waals surface area contributed by atoms with Crippen molar-refractivity contribution in [2.45, 2.75) is 13.8 Å². The topological polar surface area (TPSA) is 38.6 Å². The van der Waals surface area contributed by atoms with Gasteiger partial charge in [0.15, 0.2) is 6.29 Å². The predicted octanol–water partition coefficient (Wildman–Crippen LogP) is 0.204. The number of hydrogen-bond acceptors (Lipinski definition) is 2. The number of hydrogen-bond donors (Lipinski definition) is 1. The molecule has 0 spiro atoms. The van der Waals surface area contributed by atoms with Gasteiger partial charge in [-0.3, -0.25) is 9.59 Å². The monoisotopic (exact) mass is 266 g/mol. The smallest absolute Gasteiger partial charge is 0.207 e. The van der Waals surface area contributed by atoms with Gasteiger partial charge in [0, 0.05) is 11.8 Å². The van der Waals surface area contributed by atoms with Crippen LogP contribution in [-0.2, 0) is 9.59 Å². The van der Waals surface area contributed by atoms with Crippen molar-refractivity contribution in [1.29, 1.82) is 0 Å². The Kier molecular flexibility index (Phi) is 3.97. The summed E-state index contributed by atoms with van der Waals surface area (Å²) in [6.07, 6.45) is 4.30. The van der Waals surface area contributed by atoms with Crippen LogP contribution in [0.3, 0.4) is 0 Å².